The summed E-state index contributed by atoms with van der Waals surface area (Å²) < 4.78 is 45.0. The number of alkyl carbamates (subject to hydrolysis) is 1. The van der Waals surface area contributed by atoms with E-state index in [1.807, 2.05) is 0 Å². The Kier molecular flexibility index (Phi) is 2.96. The molecule has 3 nitrogen and oxygen atoms in total. The normalized spacial score (nSPS) is 22.3. The molecule has 0 aromatic heterocycles. The van der Waals surface area contributed by atoms with Gasteiger partial charge in [0.15, 0.2) is 0 Å². The third-order valence-electron chi connectivity index (χ3n) is 2.95. The number of amides is 1. The minimum atomic E-state index is -1.02. The van der Waals surface area contributed by atoms with Crippen molar-refractivity contribution in [2.45, 2.75) is 19.9 Å². The molecule has 0 bridgehead atoms. The smallest absolute Gasteiger partial charge is 0.407 e. The van der Waals surface area contributed by atoms with Gasteiger partial charge in [0.25, 0.3) is 0 Å². The Morgan fingerprint density at radius 2 is 1.83 bits per heavy atom. The largest absolute Gasteiger partial charge is 0.449 e. The molecular formula is C12H12F3NO2. The van der Waals surface area contributed by atoms with Crippen LogP contribution >= 0.6 is 0 Å². The first kappa shape index (κ1) is 12.7. The number of nitrogens with one attached hydrogen (secondary N) is 1. The van der Waals surface area contributed by atoms with Crippen LogP contribution in [0.2, 0.25) is 0 Å². The first-order valence-electron chi connectivity index (χ1n) is 5.39. The van der Waals surface area contributed by atoms with Gasteiger partial charge in [-0.25, -0.2) is 18.0 Å². The molecule has 1 saturated heterocycles. The van der Waals surface area contributed by atoms with Crippen molar-refractivity contribution in [2.24, 2.45) is 5.41 Å². The number of carbonyl (C=O) groups excluding carboxylic acids is 1. The number of ether oxygens (including phenoxy) is 1. The molecule has 1 atom stereocenters. The molecule has 0 radical (unpaired) electrons. The second-order valence-corrected chi connectivity index (χ2v) is 4.93. The zero-order valence-corrected chi connectivity index (χ0v) is 9.89. The Labute approximate surface area is 102 Å². The van der Waals surface area contributed by atoms with Crippen LogP contribution in [0.15, 0.2) is 12.1 Å². The van der Waals surface area contributed by atoms with Crippen LogP contribution in [0.5, 0.6) is 0 Å². The topological polar surface area (TPSA) is 38.3 Å². The second-order valence-electron chi connectivity index (χ2n) is 4.93. The SMILES string of the molecule is CC1(C)COC(=O)N[C@H]1c1c(F)cc(F)cc1F. The molecule has 6 heteroatoms. The zero-order valence-electron chi connectivity index (χ0n) is 9.89. The van der Waals surface area contributed by atoms with Crippen LogP contribution < -0.4 is 5.32 Å². The lowest BCUT2D eigenvalue weighted by Gasteiger charge is -2.38. The molecule has 2 rings (SSSR count). The molecule has 1 heterocycles. The first-order chi connectivity index (χ1) is 8.31. The monoisotopic (exact) mass is 259 g/mol. The molecule has 1 amide bonds. The number of hydrogen-bond donors (Lipinski definition) is 1. The van der Waals surface area contributed by atoms with Crippen molar-refractivity contribution < 1.29 is 22.7 Å². The van der Waals surface area contributed by atoms with E-state index in [4.69, 9.17) is 4.74 Å². The predicted molar refractivity (Wildman–Crippen MR) is 57.3 cm³/mol. The fourth-order valence-corrected chi connectivity index (χ4v) is 1.98. The summed E-state index contributed by atoms with van der Waals surface area (Å²) in [6, 6.07) is 0.283. The van der Waals surface area contributed by atoms with E-state index in [1.54, 1.807) is 13.8 Å². The van der Waals surface area contributed by atoms with Gasteiger partial charge in [-0.15, -0.1) is 0 Å². The van der Waals surface area contributed by atoms with E-state index in [1.165, 1.54) is 0 Å². The molecule has 0 aliphatic carbocycles. The van der Waals surface area contributed by atoms with Crippen LogP contribution in [0.4, 0.5) is 18.0 Å². The third-order valence-corrected chi connectivity index (χ3v) is 2.95. The number of carbonyl (C=O) groups is 1. The molecule has 1 aliphatic heterocycles. The lowest BCUT2D eigenvalue weighted by molar-refractivity contribution is 0.0367. The lowest BCUT2D eigenvalue weighted by Crippen LogP contribution is -2.47. The zero-order chi connectivity index (χ0) is 13.5. The maximum Gasteiger partial charge on any atom is 0.407 e. The van der Waals surface area contributed by atoms with Crippen molar-refractivity contribution in [3.63, 3.8) is 0 Å². The van der Waals surface area contributed by atoms with Gasteiger partial charge >= 0.3 is 6.09 Å². The Morgan fingerprint density at radius 1 is 1.28 bits per heavy atom. The van der Waals surface area contributed by atoms with Crippen molar-refractivity contribution in [1.82, 2.24) is 5.32 Å². The number of benzene rings is 1. The summed E-state index contributed by atoms with van der Waals surface area (Å²) in [5.41, 5.74) is -1.05. The minimum Gasteiger partial charge on any atom is -0.449 e. The van der Waals surface area contributed by atoms with Gasteiger partial charge in [0, 0.05) is 23.1 Å². The van der Waals surface area contributed by atoms with E-state index in [9.17, 15) is 18.0 Å². The molecule has 98 valence electrons. The molecule has 0 saturated carbocycles. The maximum absolute atomic E-state index is 13.7. The van der Waals surface area contributed by atoms with Crippen molar-refractivity contribution in [3.8, 4) is 0 Å². The third kappa shape index (κ3) is 2.14. The highest BCUT2D eigenvalue weighted by Gasteiger charge is 2.40. The Morgan fingerprint density at radius 3 is 2.39 bits per heavy atom. The quantitative estimate of drug-likeness (QED) is 0.842. The highest BCUT2D eigenvalue weighted by molar-refractivity contribution is 5.69. The number of cyclic esters (lactones) is 1. The van der Waals surface area contributed by atoms with Gasteiger partial charge in [-0.2, -0.15) is 0 Å². The van der Waals surface area contributed by atoms with Crippen LogP contribution in [0, 0.1) is 22.9 Å². The fraction of sp³-hybridized carbons (Fsp3) is 0.417. The van der Waals surface area contributed by atoms with Crippen LogP contribution in [0.3, 0.4) is 0 Å². The summed E-state index contributed by atoms with van der Waals surface area (Å²) in [7, 11) is 0. The van der Waals surface area contributed by atoms with Gasteiger partial charge in [-0.1, -0.05) is 13.8 Å². The molecule has 1 fully saturated rings. The minimum absolute atomic E-state index is 0.0275. The van der Waals surface area contributed by atoms with E-state index in [2.05, 4.69) is 5.32 Å². The highest BCUT2D eigenvalue weighted by Crippen LogP contribution is 2.38. The van der Waals surface area contributed by atoms with Gasteiger partial charge < -0.3 is 10.1 Å². The predicted octanol–water partition coefficient (Wildman–Crippen LogP) is 2.91. The number of hydrogen-bond acceptors (Lipinski definition) is 2. The van der Waals surface area contributed by atoms with Crippen molar-refractivity contribution >= 4 is 6.09 Å². The maximum atomic E-state index is 13.7. The summed E-state index contributed by atoms with van der Waals surface area (Å²) in [6.07, 6.45) is -0.748. The Balaban J connectivity index is 2.49. The first-order valence-corrected chi connectivity index (χ1v) is 5.39. The number of rotatable bonds is 1. The average Bonchev–Trinajstić information content (AvgIpc) is 2.22. The average molecular weight is 259 g/mol. The molecule has 1 aromatic rings. The van der Waals surface area contributed by atoms with E-state index < -0.39 is 35.0 Å². The molecule has 18 heavy (non-hydrogen) atoms. The van der Waals surface area contributed by atoms with Crippen molar-refractivity contribution in [1.29, 1.82) is 0 Å². The van der Waals surface area contributed by atoms with Gasteiger partial charge in [0.1, 0.15) is 24.1 Å². The Hall–Kier alpha value is -1.72. The van der Waals surface area contributed by atoms with Crippen LogP contribution in [-0.4, -0.2) is 12.7 Å². The molecule has 0 spiro atoms. The summed E-state index contributed by atoms with van der Waals surface area (Å²) in [4.78, 5) is 11.2. The Bertz CT molecular complexity index is 479. The van der Waals surface area contributed by atoms with Gasteiger partial charge in [-0.05, 0) is 0 Å². The summed E-state index contributed by atoms with van der Waals surface area (Å²) >= 11 is 0. The molecule has 1 aromatic carbocycles. The standard InChI is InChI=1S/C12H12F3NO2/c1-12(2)5-18-11(17)16-10(12)9-7(14)3-6(13)4-8(9)15/h3-4,10H,5H2,1-2H3,(H,16,17)/t10-/m0/s1. The van der Waals surface area contributed by atoms with Gasteiger partial charge in [0.2, 0.25) is 0 Å². The summed E-state index contributed by atoms with van der Waals surface area (Å²) in [5.74, 6) is -3.04. The van der Waals surface area contributed by atoms with Crippen molar-refractivity contribution in [3.05, 3.63) is 35.1 Å². The lowest BCUT2D eigenvalue weighted by atomic mass is 9.80. The van der Waals surface area contributed by atoms with E-state index in [-0.39, 0.29) is 12.2 Å². The second kappa shape index (κ2) is 4.19. The molecule has 0 unspecified atom stereocenters. The van der Waals surface area contributed by atoms with E-state index in [0.717, 1.165) is 0 Å². The van der Waals surface area contributed by atoms with Crippen LogP contribution in [-0.2, 0) is 4.74 Å². The highest BCUT2D eigenvalue weighted by atomic mass is 19.1. The number of halogens is 3. The molecule has 1 aliphatic rings. The van der Waals surface area contributed by atoms with Crippen molar-refractivity contribution in [2.75, 3.05) is 6.61 Å². The fourth-order valence-electron chi connectivity index (χ4n) is 1.98. The summed E-state index contributed by atoms with van der Waals surface area (Å²) in [6.45, 7) is 3.42. The van der Waals surface area contributed by atoms with E-state index in [0.29, 0.717) is 12.1 Å². The van der Waals surface area contributed by atoms with Crippen LogP contribution in [0.25, 0.3) is 0 Å². The summed E-state index contributed by atoms with van der Waals surface area (Å²) in [5, 5.41) is 2.36. The van der Waals surface area contributed by atoms with E-state index >= 15 is 0 Å². The molecule has 1 N–H and O–H groups in total. The van der Waals surface area contributed by atoms with Gasteiger partial charge in [-0.3, -0.25) is 0 Å². The van der Waals surface area contributed by atoms with Gasteiger partial charge in [0.05, 0.1) is 6.04 Å². The van der Waals surface area contributed by atoms with Crippen LogP contribution in [0.1, 0.15) is 25.5 Å². The molecular weight excluding hydrogens is 247 g/mol.